The molecule has 2 atom stereocenters. The Morgan fingerprint density at radius 1 is 1.12 bits per heavy atom. The van der Waals surface area contributed by atoms with Crippen LogP contribution in [0.25, 0.3) is 28.2 Å². The van der Waals surface area contributed by atoms with Crippen molar-refractivity contribution in [2.24, 2.45) is 0 Å². The molecule has 8 heteroatoms. The Kier molecular flexibility index (Phi) is 5.52. The third-order valence-corrected chi connectivity index (χ3v) is 5.89. The van der Waals surface area contributed by atoms with Gasteiger partial charge in [0.2, 0.25) is 0 Å². The SMILES string of the molecule is CC(C)(C)OC(=O)N[C@@H]1c2ccc(-c3nc4ccc(Cl)nn4c3-c3ccccc3)cc2CC1F. The number of aromatic nitrogens is 3. The highest BCUT2D eigenvalue weighted by Gasteiger charge is 2.35. The molecule has 2 heterocycles. The summed E-state index contributed by atoms with van der Waals surface area (Å²) in [5.74, 6) is 0. The molecular weight excluding hydrogens is 455 g/mol. The van der Waals surface area contributed by atoms with Crippen molar-refractivity contribution < 1.29 is 13.9 Å². The van der Waals surface area contributed by atoms with Crippen LogP contribution in [-0.4, -0.2) is 32.5 Å². The van der Waals surface area contributed by atoms with Crippen molar-refractivity contribution in [2.45, 2.75) is 45.0 Å². The van der Waals surface area contributed by atoms with Crippen LogP contribution >= 0.6 is 11.6 Å². The summed E-state index contributed by atoms with van der Waals surface area (Å²) in [6.07, 6.45) is -1.68. The lowest BCUT2D eigenvalue weighted by atomic mass is 10.00. The number of nitrogens with one attached hydrogen (secondary N) is 1. The average molecular weight is 479 g/mol. The van der Waals surface area contributed by atoms with E-state index in [4.69, 9.17) is 21.3 Å². The highest BCUT2D eigenvalue weighted by atomic mass is 35.5. The van der Waals surface area contributed by atoms with Crippen molar-refractivity contribution >= 4 is 23.3 Å². The Balaban J connectivity index is 1.55. The average Bonchev–Trinajstić information content (AvgIpc) is 3.29. The molecule has 5 rings (SSSR count). The molecule has 0 spiro atoms. The number of amides is 1. The molecule has 0 fully saturated rings. The summed E-state index contributed by atoms with van der Waals surface area (Å²) in [6, 6.07) is 18.3. The minimum Gasteiger partial charge on any atom is -0.444 e. The zero-order valence-corrected chi connectivity index (χ0v) is 19.8. The van der Waals surface area contributed by atoms with Crippen LogP contribution in [0.2, 0.25) is 5.15 Å². The first kappa shape index (κ1) is 22.3. The summed E-state index contributed by atoms with van der Waals surface area (Å²) in [5.41, 5.74) is 4.87. The number of benzene rings is 2. The fourth-order valence-corrected chi connectivity index (χ4v) is 4.46. The molecule has 1 N–H and O–H groups in total. The number of hydrogen-bond acceptors (Lipinski definition) is 4. The lowest BCUT2D eigenvalue weighted by Crippen LogP contribution is -2.37. The molecule has 34 heavy (non-hydrogen) atoms. The zero-order valence-electron chi connectivity index (χ0n) is 19.0. The number of rotatable bonds is 3. The van der Waals surface area contributed by atoms with Gasteiger partial charge in [0, 0.05) is 17.5 Å². The van der Waals surface area contributed by atoms with E-state index in [1.807, 2.05) is 54.6 Å². The number of imidazole rings is 1. The van der Waals surface area contributed by atoms with Gasteiger partial charge in [0.15, 0.2) is 5.65 Å². The molecule has 2 aromatic carbocycles. The molecule has 1 unspecified atom stereocenters. The van der Waals surface area contributed by atoms with Crippen LogP contribution in [0.15, 0.2) is 60.7 Å². The Labute approximate surface area is 201 Å². The number of carbonyl (C=O) groups excluding carboxylic acids is 1. The summed E-state index contributed by atoms with van der Waals surface area (Å²) in [7, 11) is 0. The number of fused-ring (bicyclic) bond motifs is 2. The van der Waals surface area contributed by atoms with E-state index in [0.717, 1.165) is 33.6 Å². The smallest absolute Gasteiger partial charge is 0.408 e. The monoisotopic (exact) mass is 478 g/mol. The van der Waals surface area contributed by atoms with Crippen LogP contribution in [0.4, 0.5) is 9.18 Å². The maximum Gasteiger partial charge on any atom is 0.408 e. The second-order valence-corrected chi connectivity index (χ2v) is 9.75. The first-order valence-corrected chi connectivity index (χ1v) is 11.4. The molecule has 0 saturated carbocycles. The number of halogens is 2. The van der Waals surface area contributed by atoms with Gasteiger partial charge in [-0.15, -0.1) is 0 Å². The predicted octanol–water partition coefficient (Wildman–Crippen LogP) is 6.18. The number of carbonyl (C=O) groups is 1. The summed E-state index contributed by atoms with van der Waals surface area (Å²) in [6.45, 7) is 5.32. The molecule has 2 aromatic heterocycles. The van der Waals surface area contributed by atoms with Gasteiger partial charge in [0.25, 0.3) is 0 Å². The number of alkyl halides is 1. The van der Waals surface area contributed by atoms with E-state index in [1.165, 1.54) is 0 Å². The maximum atomic E-state index is 14.9. The highest BCUT2D eigenvalue weighted by Crippen LogP contribution is 2.39. The maximum absolute atomic E-state index is 14.9. The van der Waals surface area contributed by atoms with Gasteiger partial charge >= 0.3 is 6.09 Å². The quantitative estimate of drug-likeness (QED) is 0.382. The van der Waals surface area contributed by atoms with Crippen LogP contribution in [0.1, 0.15) is 37.9 Å². The van der Waals surface area contributed by atoms with Crippen molar-refractivity contribution in [3.63, 3.8) is 0 Å². The zero-order chi connectivity index (χ0) is 24.0. The fraction of sp³-hybridized carbons (Fsp3) is 0.269. The third-order valence-electron chi connectivity index (χ3n) is 5.69. The molecular formula is C26H24ClFN4O2. The Bertz CT molecular complexity index is 1380. The van der Waals surface area contributed by atoms with Crippen molar-refractivity contribution in [1.82, 2.24) is 19.9 Å². The standard InChI is InChI=1S/C26H24ClFN4O2/c1-26(2,3)34-25(33)30-23-18-10-9-16(13-17(18)14-19(23)28)22-24(15-7-5-4-6-8-15)32-21(29-22)12-11-20(27)31-32/h4-13,19,23H,14H2,1-3H3,(H,30,33)/t19?,23-/m1/s1. The number of hydrogen-bond donors (Lipinski definition) is 1. The first-order valence-electron chi connectivity index (χ1n) is 11.1. The first-order chi connectivity index (χ1) is 16.2. The Morgan fingerprint density at radius 2 is 1.88 bits per heavy atom. The van der Waals surface area contributed by atoms with Crippen molar-refractivity contribution in [3.8, 4) is 22.5 Å². The van der Waals surface area contributed by atoms with Crippen molar-refractivity contribution in [3.05, 3.63) is 76.9 Å². The summed E-state index contributed by atoms with van der Waals surface area (Å²) in [5, 5.41) is 7.50. The Hall–Kier alpha value is -3.45. The molecule has 4 aromatic rings. The van der Waals surface area contributed by atoms with Crippen LogP contribution in [0.5, 0.6) is 0 Å². The third kappa shape index (κ3) is 4.23. The van der Waals surface area contributed by atoms with Gasteiger partial charge in [-0.2, -0.15) is 5.10 Å². The fourth-order valence-electron chi connectivity index (χ4n) is 4.33. The van der Waals surface area contributed by atoms with Gasteiger partial charge in [0.05, 0.1) is 11.7 Å². The second-order valence-electron chi connectivity index (χ2n) is 9.36. The van der Waals surface area contributed by atoms with E-state index >= 15 is 0 Å². The summed E-state index contributed by atoms with van der Waals surface area (Å²) < 4.78 is 22.0. The van der Waals surface area contributed by atoms with Crippen LogP contribution in [-0.2, 0) is 11.2 Å². The van der Waals surface area contributed by atoms with Crippen molar-refractivity contribution in [1.29, 1.82) is 0 Å². The molecule has 0 radical (unpaired) electrons. The topological polar surface area (TPSA) is 68.5 Å². The molecule has 1 aliphatic carbocycles. The van der Waals surface area contributed by atoms with Gasteiger partial charge in [-0.3, -0.25) is 0 Å². The van der Waals surface area contributed by atoms with Crippen LogP contribution in [0, 0.1) is 0 Å². The lowest BCUT2D eigenvalue weighted by molar-refractivity contribution is 0.0479. The van der Waals surface area contributed by atoms with Crippen LogP contribution in [0.3, 0.4) is 0 Å². The molecule has 174 valence electrons. The van der Waals surface area contributed by atoms with E-state index in [1.54, 1.807) is 31.4 Å². The number of ether oxygens (including phenoxy) is 1. The van der Waals surface area contributed by atoms with Crippen molar-refractivity contribution in [2.75, 3.05) is 0 Å². The lowest BCUT2D eigenvalue weighted by Gasteiger charge is -2.23. The van der Waals surface area contributed by atoms with E-state index in [0.29, 0.717) is 10.8 Å². The largest absolute Gasteiger partial charge is 0.444 e. The van der Waals surface area contributed by atoms with Gasteiger partial charge in [-0.25, -0.2) is 18.7 Å². The predicted molar refractivity (Wildman–Crippen MR) is 130 cm³/mol. The minimum absolute atomic E-state index is 0.196. The van der Waals surface area contributed by atoms with Gasteiger partial charge in [0.1, 0.15) is 22.6 Å². The van der Waals surface area contributed by atoms with Gasteiger partial charge in [-0.1, -0.05) is 54.1 Å². The molecule has 0 saturated heterocycles. The van der Waals surface area contributed by atoms with Gasteiger partial charge in [-0.05, 0) is 50.1 Å². The normalized spacial score (nSPS) is 17.6. The molecule has 0 bridgehead atoms. The summed E-state index contributed by atoms with van der Waals surface area (Å²) in [4.78, 5) is 17.1. The van der Waals surface area contributed by atoms with Crippen LogP contribution < -0.4 is 5.32 Å². The highest BCUT2D eigenvalue weighted by molar-refractivity contribution is 6.29. The van der Waals surface area contributed by atoms with E-state index < -0.39 is 23.9 Å². The van der Waals surface area contributed by atoms with E-state index in [-0.39, 0.29) is 6.42 Å². The summed E-state index contributed by atoms with van der Waals surface area (Å²) >= 11 is 6.18. The number of nitrogens with zero attached hydrogens (tertiary/aromatic N) is 3. The molecule has 1 amide bonds. The Morgan fingerprint density at radius 3 is 2.62 bits per heavy atom. The van der Waals surface area contributed by atoms with E-state index in [9.17, 15) is 9.18 Å². The number of alkyl carbamates (subject to hydrolysis) is 1. The molecule has 1 aliphatic rings. The van der Waals surface area contributed by atoms with E-state index in [2.05, 4.69) is 10.4 Å². The molecule has 0 aliphatic heterocycles. The molecule has 6 nitrogen and oxygen atoms in total. The minimum atomic E-state index is -1.24. The van der Waals surface area contributed by atoms with Gasteiger partial charge < -0.3 is 10.1 Å². The second kappa shape index (κ2) is 8.40.